The number of nitrogens with zero attached hydrogens (tertiary/aromatic N) is 2. The first kappa shape index (κ1) is 12.1. The number of hydrogen-bond donors (Lipinski definition) is 2. The summed E-state index contributed by atoms with van der Waals surface area (Å²) >= 11 is 0. The fourth-order valence-corrected chi connectivity index (χ4v) is 1.43. The van der Waals surface area contributed by atoms with Crippen molar-refractivity contribution in [3.05, 3.63) is 11.7 Å². The van der Waals surface area contributed by atoms with Gasteiger partial charge in [0.25, 0.3) is 0 Å². The Balaban J connectivity index is 2.27. The van der Waals surface area contributed by atoms with Crippen LogP contribution in [0, 0.1) is 6.92 Å². The largest absolute Gasteiger partial charge is 0.338 e. The van der Waals surface area contributed by atoms with Crippen LogP contribution in [0.3, 0.4) is 0 Å². The molecule has 0 saturated carbocycles. The SMILES string of the molecule is CCNC(C)(C)CNCc1nc(C)no1. The van der Waals surface area contributed by atoms with Crippen LogP contribution in [0.2, 0.25) is 0 Å². The maximum atomic E-state index is 4.99. The highest BCUT2D eigenvalue weighted by molar-refractivity contribution is 4.84. The molecule has 0 aromatic carbocycles. The molecular formula is C10H20N4O. The summed E-state index contributed by atoms with van der Waals surface area (Å²) in [5.41, 5.74) is 0.0871. The van der Waals surface area contributed by atoms with E-state index < -0.39 is 0 Å². The Morgan fingerprint density at radius 1 is 1.40 bits per heavy atom. The topological polar surface area (TPSA) is 63.0 Å². The minimum atomic E-state index is 0.0871. The van der Waals surface area contributed by atoms with Gasteiger partial charge in [-0.3, -0.25) is 0 Å². The van der Waals surface area contributed by atoms with Crippen molar-refractivity contribution in [2.45, 2.75) is 39.8 Å². The van der Waals surface area contributed by atoms with Crippen LogP contribution in [0.1, 0.15) is 32.5 Å². The summed E-state index contributed by atoms with van der Waals surface area (Å²) in [5.74, 6) is 1.32. The van der Waals surface area contributed by atoms with Gasteiger partial charge in [-0.1, -0.05) is 12.1 Å². The molecule has 86 valence electrons. The van der Waals surface area contributed by atoms with Crippen LogP contribution in [0.25, 0.3) is 0 Å². The zero-order valence-electron chi connectivity index (χ0n) is 9.92. The molecule has 5 nitrogen and oxygen atoms in total. The van der Waals surface area contributed by atoms with Crippen molar-refractivity contribution in [3.63, 3.8) is 0 Å². The van der Waals surface area contributed by atoms with Gasteiger partial charge in [-0.05, 0) is 27.3 Å². The Morgan fingerprint density at radius 2 is 2.13 bits per heavy atom. The number of hydrogen-bond acceptors (Lipinski definition) is 5. The molecule has 0 saturated heterocycles. The van der Waals surface area contributed by atoms with Gasteiger partial charge in [0.05, 0.1) is 6.54 Å². The molecule has 2 N–H and O–H groups in total. The predicted molar refractivity (Wildman–Crippen MR) is 58.5 cm³/mol. The third kappa shape index (κ3) is 4.40. The molecule has 1 rings (SSSR count). The Labute approximate surface area is 90.6 Å². The molecule has 0 radical (unpaired) electrons. The molecule has 0 amide bonds. The minimum absolute atomic E-state index is 0.0871. The molecule has 0 aliphatic carbocycles. The van der Waals surface area contributed by atoms with Gasteiger partial charge in [0.2, 0.25) is 5.89 Å². The van der Waals surface area contributed by atoms with E-state index in [2.05, 4.69) is 41.5 Å². The molecule has 0 aliphatic heterocycles. The zero-order valence-corrected chi connectivity index (χ0v) is 9.92. The summed E-state index contributed by atoms with van der Waals surface area (Å²) in [7, 11) is 0. The average molecular weight is 212 g/mol. The fraction of sp³-hybridized carbons (Fsp3) is 0.800. The first-order valence-electron chi connectivity index (χ1n) is 5.28. The number of aromatic nitrogens is 2. The minimum Gasteiger partial charge on any atom is -0.338 e. The van der Waals surface area contributed by atoms with Gasteiger partial charge in [0.1, 0.15) is 0 Å². The lowest BCUT2D eigenvalue weighted by Gasteiger charge is -2.25. The van der Waals surface area contributed by atoms with Gasteiger partial charge < -0.3 is 15.2 Å². The van der Waals surface area contributed by atoms with E-state index in [1.807, 2.05) is 6.92 Å². The number of aryl methyl sites for hydroxylation is 1. The van der Waals surface area contributed by atoms with Crippen LogP contribution >= 0.6 is 0 Å². The average Bonchev–Trinajstić information content (AvgIpc) is 2.51. The summed E-state index contributed by atoms with van der Waals surface area (Å²) < 4.78 is 4.99. The smallest absolute Gasteiger partial charge is 0.240 e. The lowest BCUT2D eigenvalue weighted by atomic mass is 10.1. The van der Waals surface area contributed by atoms with E-state index in [0.717, 1.165) is 13.1 Å². The second kappa shape index (κ2) is 5.23. The third-order valence-electron chi connectivity index (χ3n) is 2.07. The van der Waals surface area contributed by atoms with Gasteiger partial charge in [0, 0.05) is 12.1 Å². The van der Waals surface area contributed by atoms with Gasteiger partial charge >= 0.3 is 0 Å². The molecule has 1 aromatic rings. The van der Waals surface area contributed by atoms with Crippen molar-refractivity contribution in [2.75, 3.05) is 13.1 Å². The molecule has 0 aliphatic rings. The molecule has 15 heavy (non-hydrogen) atoms. The van der Waals surface area contributed by atoms with E-state index in [9.17, 15) is 0 Å². The summed E-state index contributed by atoms with van der Waals surface area (Å²) in [4.78, 5) is 4.12. The molecular weight excluding hydrogens is 192 g/mol. The maximum absolute atomic E-state index is 4.99. The van der Waals surface area contributed by atoms with Crippen molar-refractivity contribution in [3.8, 4) is 0 Å². The van der Waals surface area contributed by atoms with E-state index in [-0.39, 0.29) is 5.54 Å². The summed E-state index contributed by atoms with van der Waals surface area (Å²) in [6, 6.07) is 0. The summed E-state index contributed by atoms with van der Waals surface area (Å²) in [6.45, 7) is 10.7. The van der Waals surface area contributed by atoms with E-state index in [1.54, 1.807) is 0 Å². The number of rotatable bonds is 6. The molecule has 0 bridgehead atoms. The lowest BCUT2D eigenvalue weighted by molar-refractivity contribution is 0.336. The Kier molecular flexibility index (Phi) is 4.23. The van der Waals surface area contributed by atoms with Gasteiger partial charge in [-0.25, -0.2) is 0 Å². The highest BCUT2D eigenvalue weighted by Crippen LogP contribution is 2.00. The second-order valence-electron chi connectivity index (χ2n) is 4.25. The standard InChI is InChI=1S/C10H20N4O/c1-5-12-10(3,4)7-11-6-9-13-8(2)14-15-9/h11-12H,5-7H2,1-4H3. The second-order valence-corrected chi connectivity index (χ2v) is 4.25. The van der Waals surface area contributed by atoms with E-state index in [1.165, 1.54) is 0 Å². The zero-order chi connectivity index (χ0) is 11.3. The molecule has 5 heteroatoms. The molecule has 1 heterocycles. The quantitative estimate of drug-likeness (QED) is 0.732. The number of nitrogens with one attached hydrogen (secondary N) is 2. The van der Waals surface area contributed by atoms with Crippen molar-refractivity contribution in [1.82, 2.24) is 20.8 Å². The fourth-order valence-electron chi connectivity index (χ4n) is 1.43. The third-order valence-corrected chi connectivity index (χ3v) is 2.07. The predicted octanol–water partition coefficient (Wildman–Crippen LogP) is 0.856. The first-order valence-corrected chi connectivity index (χ1v) is 5.28. The monoisotopic (exact) mass is 212 g/mol. The highest BCUT2D eigenvalue weighted by atomic mass is 16.5. The van der Waals surface area contributed by atoms with Crippen LogP contribution in [0.4, 0.5) is 0 Å². The Morgan fingerprint density at radius 3 is 2.67 bits per heavy atom. The number of likely N-dealkylation sites (N-methyl/N-ethyl adjacent to an activating group) is 1. The Bertz CT molecular complexity index is 295. The van der Waals surface area contributed by atoms with Gasteiger partial charge in [-0.2, -0.15) is 4.98 Å². The van der Waals surface area contributed by atoms with Crippen LogP contribution in [-0.4, -0.2) is 28.8 Å². The van der Waals surface area contributed by atoms with Crippen LogP contribution < -0.4 is 10.6 Å². The van der Waals surface area contributed by atoms with E-state index >= 15 is 0 Å². The van der Waals surface area contributed by atoms with E-state index in [4.69, 9.17) is 4.52 Å². The molecule has 0 fully saturated rings. The van der Waals surface area contributed by atoms with Crippen LogP contribution in [0.5, 0.6) is 0 Å². The molecule has 0 unspecified atom stereocenters. The van der Waals surface area contributed by atoms with Gasteiger partial charge in [0.15, 0.2) is 5.82 Å². The molecule has 0 spiro atoms. The van der Waals surface area contributed by atoms with Gasteiger partial charge in [-0.15, -0.1) is 0 Å². The Hall–Kier alpha value is -0.940. The normalized spacial score (nSPS) is 12.0. The molecule has 0 atom stereocenters. The van der Waals surface area contributed by atoms with Crippen molar-refractivity contribution in [2.24, 2.45) is 0 Å². The highest BCUT2D eigenvalue weighted by Gasteiger charge is 2.15. The first-order chi connectivity index (χ1) is 7.03. The van der Waals surface area contributed by atoms with Crippen molar-refractivity contribution < 1.29 is 4.52 Å². The van der Waals surface area contributed by atoms with Crippen molar-refractivity contribution >= 4 is 0 Å². The molecule has 1 aromatic heterocycles. The van der Waals surface area contributed by atoms with E-state index in [0.29, 0.717) is 18.3 Å². The van der Waals surface area contributed by atoms with Crippen LogP contribution in [0.15, 0.2) is 4.52 Å². The van der Waals surface area contributed by atoms with Crippen LogP contribution in [-0.2, 0) is 6.54 Å². The maximum Gasteiger partial charge on any atom is 0.240 e. The summed E-state index contributed by atoms with van der Waals surface area (Å²) in [5, 5.41) is 10.4. The summed E-state index contributed by atoms with van der Waals surface area (Å²) in [6.07, 6.45) is 0. The lowest BCUT2D eigenvalue weighted by Crippen LogP contribution is -2.47. The van der Waals surface area contributed by atoms with Crippen molar-refractivity contribution in [1.29, 1.82) is 0 Å².